The second-order valence-corrected chi connectivity index (χ2v) is 12.8. The summed E-state index contributed by atoms with van der Waals surface area (Å²) in [6.45, 7) is 5.97. The molecule has 0 aliphatic rings. The van der Waals surface area contributed by atoms with Gasteiger partial charge in [0.2, 0.25) is 11.8 Å². The maximum Gasteiger partial charge on any atom is 0.264 e. The number of nitrogens with zero attached hydrogens (tertiary/aromatic N) is 2. The van der Waals surface area contributed by atoms with E-state index in [1.165, 1.54) is 21.3 Å². The topological polar surface area (TPSA) is 86.8 Å². The molecule has 230 valence electrons. The molecule has 0 aliphatic heterocycles. The zero-order chi connectivity index (χ0) is 31.5. The highest BCUT2D eigenvalue weighted by molar-refractivity contribution is 7.92. The Labute approximate surface area is 261 Å². The zero-order valence-electron chi connectivity index (χ0n) is 25.6. The van der Waals surface area contributed by atoms with E-state index in [0.29, 0.717) is 12.2 Å². The van der Waals surface area contributed by atoms with Gasteiger partial charge in [-0.15, -0.1) is 0 Å². The number of anilines is 1. The second kappa shape index (κ2) is 15.3. The SMILES string of the molecule is CCCCNC(=O)[C@H](Cc1ccccc1)N(Cc1ccccc1)C(=O)CN(c1cccc(C)c1C)S(=O)(=O)c1ccccc1. The molecule has 4 aromatic rings. The van der Waals surface area contributed by atoms with E-state index < -0.39 is 28.5 Å². The van der Waals surface area contributed by atoms with Gasteiger partial charge in [0.1, 0.15) is 12.6 Å². The molecule has 7 nitrogen and oxygen atoms in total. The third-order valence-corrected chi connectivity index (χ3v) is 9.53. The number of carbonyl (C=O) groups excluding carboxylic acids is 2. The number of nitrogens with one attached hydrogen (secondary N) is 1. The van der Waals surface area contributed by atoms with Crippen LogP contribution in [0.2, 0.25) is 0 Å². The molecule has 0 spiro atoms. The molecular formula is C36H41N3O4S. The normalized spacial score (nSPS) is 11.9. The number of hydrogen-bond donors (Lipinski definition) is 1. The summed E-state index contributed by atoms with van der Waals surface area (Å²) in [5, 5.41) is 3.02. The third kappa shape index (κ3) is 8.14. The van der Waals surface area contributed by atoms with Gasteiger partial charge < -0.3 is 10.2 Å². The highest BCUT2D eigenvalue weighted by Gasteiger charge is 2.35. The zero-order valence-corrected chi connectivity index (χ0v) is 26.5. The summed E-state index contributed by atoms with van der Waals surface area (Å²) in [5.41, 5.74) is 3.82. The van der Waals surface area contributed by atoms with Gasteiger partial charge in [-0.1, -0.05) is 104 Å². The summed E-state index contributed by atoms with van der Waals surface area (Å²) in [6.07, 6.45) is 2.01. The Bertz CT molecular complexity index is 1630. The second-order valence-electron chi connectivity index (χ2n) is 10.9. The van der Waals surface area contributed by atoms with E-state index in [-0.39, 0.29) is 23.8 Å². The first-order chi connectivity index (χ1) is 21.2. The van der Waals surface area contributed by atoms with Crippen molar-refractivity contribution in [3.05, 3.63) is 131 Å². The number of benzene rings is 4. The molecule has 0 heterocycles. The quantitative estimate of drug-likeness (QED) is 0.176. The lowest BCUT2D eigenvalue weighted by Crippen LogP contribution is -2.53. The van der Waals surface area contributed by atoms with Crippen molar-refractivity contribution in [2.24, 2.45) is 0 Å². The molecule has 0 unspecified atom stereocenters. The van der Waals surface area contributed by atoms with Crippen LogP contribution < -0.4 is 9.62 Å². The van der Waals surface area contributed by atoms with Crippen LogP contribution in [0.3, 0.4) is 0 Å². The lowest BCUT2D eigenvalue weighted by atomic mass is 10.0. The van der Waals surface area contributed by atoms with Gasteiger partial charge in [0.05, 0.1) is 10.6 Å². The van der Waals surface area contributed by atoms with E-state index >= 15 is 0 Å². The van der Waals surface area contributed by atoms with Gasteiger partial charge >= 0.3 is 0 Å². The number of rotatable bonds is 14. The van der Waals surface area contributed by atoms with Crippen molar-refractivity contribution >= 4 is 27.5 Å². The van der Waals surface area contributed by atoms with Crippen molar-refractivity contribution in [3.63, 3.8) is 0 Å². The fourth-order valence-electron chi connectivity index (χ4n) is 5.08. The van der Waals surface area contributed by atoms with Gasteiger partial charge in [0.15, 0.2) is 0 Å². The van der Waals surface area contributed by atoms with Crippen molar-refractivity contribution in [2.75, 3.05) is 17.4 Å². The highest BCUT2D eigenvalue weighted by atomic mass is 32.2. The van der Waals surface area contributed by atoms with Crippen LogP contribution in [-0.2, 0) is 32.6 Å². The van der Waals surface area contributed by atoms with Crippen LogP contribution in [0.1, 0.15) is 42.0 Å². The molecule has 4 aromatic carbocycles. The van der Waals surface area contributed by atoms with Crippen molar-refractivity contribution < 1.29 is 18.0 Å². The standard InChI is InChI=1S/C36H41N3O4S/c1-4-5-24-37-36(41)34(25-30-17-9-6-10-18-30)38(26-31-19-11-7-12-20-31)35(40)27-39(33-23-15-16-28(2)29(33)3)44(42,43)32-21-13-8-14-22-32/h6-23,34H,4-5,24-27H2,1-3H3,(H,37,41)/t34-/m0/s1. The smallest absolute Gasteiger partial charge is 0.264 e. The number of unbranched alkanes of at least 4 members (excludes halogenated alkanes) is 1. The van der Waals surface area contributed by atoms with E-state index in [0.717, 1.165) is 35.1 Å². The molecule has 4 rings (SSSR count). The van der Waals surface area contributed by atoms with Crippen molar-refractivity contribution in [1.29, 1.82) is 0 Å². The molecule has 0 saturated carbocycles. The number of carbonyl (C=O) groups is 2. The van der Waals surface area contributed by atoms with E-state index in [2.05, 4.69) is 5.32 Å². The summed E-state index contributed by atoms with van der Waals surface area (Å²) in [5.74, 6) is -0.739. The lowest BCUT2D eigenvalue weighted by Gasteiger charge is -2.34. The van der Waals surface area contributed by atoms with E-state index in [4.69, 9.17) is 0 Å². The van der Waals surface area contributed by atoms with Gasteiger partial charge in [-0.05, 0) is 60.7 Å². The Morgan fingerprint density at radius 1 is 0.773 bits per heavy atom. The minimum Gasteiger partial charge on any atom is -0.354 e. The summed E-state index contributed by atoms with van der Waals surface area (Å²) in [4.78, 5) is 29.9. The molecule has 1 N–H and O–H groups in total. The minimum atomic E-state index is -4.13. The Morgan fingerprint density at radius 2 is 1.36 bits per heavy atom. The van der Waals surface area contributed by atoms with E-state index in [1.807, 2.05) is 87.5 Å². The first kappa shape index (κ1) is 32.5. The van der Waals surface area contributed by atoms with Crippen LogP contribution >= 0.6 is 0 Å². The van der Waals surface area contributed by atoms with Crippen LogP contribution in [0.15, 0.2) is 114 Å². The first-order valence-electron chi connectivity index (χ1n) is 15.0. The predicted octanol–water partition coefficient (Wildman–Crippen LogP) is 6.06. The average molecular weight is 612 g/mol. The maximum absolute atomic E-state index is 14.5. The molecule has 0 fully saturated rings. The van der Waals surface area contributed by atoms with Crippen LogP contribution in [0.25, 0.3) is 0 Å². The fraction of sp³-hybridized carbons (Fsp3) is 0.278. The molecule has 44 heavy (non-hydrogen) atoms. The summed E-state index contributed by atoms with van der Waals surface area (Å²) in [7, 11) is -4.13. The molecule has 0 bridgehead atoms. The van der Waals surface area contributed by atoms with Crippen LogP contribution in [0.5, 0.6) is 0 Å². The summed E-state index contributed by atoms with van der Waals surface area (Å²) < 4.78 is 29.5. The van der Waals surface area contributed by atoms with Gasteiger partial charge in [0.25, 0.3) is 10.0 Å². The highest BCUT2D eigenvalue weighted by Crippen LogP contribution is 2.29. The first-order valence-corrected chi connectivity index (χ1v) is 16.5. The molecule has 1 atom stereocenters. The Balaban J connectivity index is 1.80. The van der Waals surface area contributed by atoms with Crippen molar-refractivity contribution in [2.45, 2.75) is 57.5 Å². The largest absolute Gasteiger partial charge is 0.354 e. The molecule has 2 amide bonds. The monoisotopic (exact) mass is 611 g/mol. The summed E-state index contributed by atoms with van der Waals surface area (Å²) >= 11 is 0. The Morgan fingerprint density at radius 3 is 1.98 bits per heavy atom. The van der Waals surface area contributed by atoms with E-state index in [1.54, 1.807) is 30.3 Å². The fourth-order valence-corrected chi connectivity index (χ4v) is 6.57. The summed E-state index contributed by atoms with van der Waals surface area (Å²) in [6, 6.07) is 31.7. The Hall–Kier alpha value is -4.43. The predicted molar refractivity (Wildman–Crippen MR) is 176 cm³/mol. The molecule has 0 saturated heterocycles. The molecule has 0 aromatic heterocycles. The molecule has 8 heteroatoms. The molecule has 0 radical (unpaired) electrons. The number of sulfonamides is 1. The molecule has 0 aliphatic carbocycles. The van der Waals surface area contributed by atoms with Gasteiger partial charge in [-0.25, -0.2) is 8.42 Å². The number of amides is 2. The maximum atomic E-state index is 14.5. The third-order valence-electron chi connectivity index (χ3n) is 7.75. The van der Waals surface area contributed by atoms with Crippen molar-refractivity contribution in [1.82, 2.24) is 10.2 Å². The minimum absolute atomic E-state index is 0.0847. The number of hydrogen-bond acceptors (Lipinski definition) is 4. The van der Waals surface area contributed by atoms with Crippen molar-refractivity contribution in [3.8, 4) is 0 Å². The molecular weight excluding hydrogens is 570 g/mol. The van der Waals surface area contributed by atoms with Gasteiger partial charge in [-0.2, -0.15) is 0 Å². The van der Waals surface area contributed by atoms with Crippen LogP contribution in [0, 0.1) is 13.8 Å². The van der Waals surface area contributed by atoms with Crippen LogP contribution in [0.4, 0.5) is 5.69 Å². The lowest BCUT2D eigenvalue weighted by molar-refractivity contribution is -0.140. The Kier molecular flexibility index (Phi) is 11.3. The van der Waals surface area contributed by atoms with Gasteiger partial charge in [-0.3, -0.25) is 13.9 Å². The van der Waals surface area contributed by atoms with Gasteiger partial charge in [0, 0.05) is 19.5 Å². The number of aryl methyl sites for hydroxylation is 1. The van der Waals surface area contributed by atoms with E-state index in [9.17, 15) is 18.0 Å². The average Bonchev–Trinajstić information content (AvgIpc) is 3.04. The van der Waals surface area contributed by atoms with Crippen LogP contribution in [-0.4, -0.2) is 44.3 Å².